The van der Waals surface area contributed by atoms with E-state index in [0.29, 0.717) is 8.59 Å². The third kappa shape index (κ3) is 1.82. The smallest absolute Gasteiger partial charge is 0.125 e. The molecule has 1 rings (SSSR count). The van der Waals surface area contributed by atoms with Crippen molar-refractivity contribution in [1.29, 1.82) is 5.26 Å². The monoisotopic (exact) mass is 281 g/mol. The van der Waals surface area contributed by atoms with E-state index in [9.17, 15) is 4.39 Å². The Morgan fingerprint density at radius 2 is 2.18 bits per heavy atom. The maximum Gasteiger partial charge on any atom is 0.125 e. The van der Waals surface area contributed by atoms with Crippen molar-refractivity contribution in [2.45, 2.75) is 0 Å². The molecule has 0 spiro atoms. The molecule has 1 nitrogen and oxygen atoms in total. The fourth-order valence-electron chi connectivity index (χ4n) is 0.637. The summed E-state index contributed by atoms with van der Waals surface area (Å²) in [4.78, 5) is 0. The third-order valence-electron chi connectivity index (χ3n) is 1.11. The van der Waals surface area contributed by atoms with Gasteiger partial charge in [0.1, 0.15) is 11.9 Å². The molecule has 4 heteroatoms. The van der Waals surface area contributed by atoms with E-state index in [1.807, 2.05) is 22.6 Å². The zero-order chi connectivity index (χ0) is 8.43. The van der Waals surface area contributed by atoms with Gasteiger partial charge in [0.15, 0.2) is 0 Å². The van der Waals surface area contributed by atoms with E-state index < -0.39 is 5.82 Å². The Morgan fingerprint density at radius 1 is 1.55 bits per heavy atom. The van der Waals surface area contributed by atoms with Gasteiger partial charge < -0.3 is 0 Å². The molecular formula is C7H2ClFIN. The number of hydrogen-bond donors (Lipinski definition) is 0. The van der Waals surface area contributed by atoms with Gasteiger partial charge >= 0.3 is 0 Å². The van der Waals surface area contributed by atoms with E-state index >= 15 is 0 Å². The minimum absolute atomic E-state index is 0.177. The summed E-state index contributed by atoms with van der Waals surface area (Å²) in [5, 5.41) is 8.78. The van der Waals surface area contributed by atoms with Crippen LogP contribution in [0.2, 0.25) is 5.02 Å². The first-order chi connectivity index (χ1) is 5.15. The highest BCUT2D eigenvalue weighted by Gasteiger charge is 2.05. The van der Waals surface area contributed by atoms with Crippen molar-refractivity contribution in [2.75, 3.05) is 0 Å². The molecule has 0 saturated heterocycles. The van der Waals surface area contributed by atoms with Gasteiger partial charge in [0.2, 0.25) is 0 Å². The molecule has 0 saturated carbocycles. The lowest BCUT2D eigenvalue weighted by molar-refractivity contribution is 0.626. The Hall–Kier alpha value is -0.340. The molecule has 0 atom stereocenters. The maximum absolute atomic E-state index is 12.6. The summed E-state index contributed by atoms with van der Waals surface area (Å²) in [5.41, 5.74) is 0.177. The quantitative estimate of drug-likeness (QED) is 0.530. The molecular weight excluding hydrogens is 279 g/mol. The second kappa shape index (κ2) is 3.37. The summed E-state index contributed by atoms with van der Waals surface area (Å²) in [7, 11) is 0. The van der Waals surface area contributed by atoms with E-state index in [1.165, 1.54) is 6.07 Å². The molecule has 0 fully saturated rings. The van der Waals surface area contributed by atoms with Crippen LogP contribution < -0.4 is 0 Å². The summed E-state index contributed by atoms with van der Waals surface area (Å²) in [6.45, 7) is 0. The van der Waals surface area contributed by atoms with Gasteiger partial charge in [-0.05, 0) is 34.7 Å². The molecule has 0 amide bonds. The van der Waals surface area contributed by atoms with Crippen molar-refractivity contribution in [1.82, 2.24) is 0 Å². The van der Waals surface area contributed by atoms with Crippen molar-refractivity contribution in [3.63, 3.8) is 0 Å². The van der Waals surface area contributed by atoms with Gasteiger partial charge in [0.05, 0.1) is 10.6 Å². The van der Waals surface area contributed by atoms with Crippen LogP contribution in [0, 0.1) is 20.7 Å². The summed E-state index contributed by atoms with van der Waals surface area (Å²) in [6.07, 6.45) is 0. The zero-order valence-corrected chi connectivity index (χ0v) is 8.15. The van der Waals surface area contributed by atoms with Crippen LogP contribution in [-0.4, -0.2) is 0 Å². The highest BCUT2D eigenvalue weighted by Crippen LogP contribution is 2.23. The maximum atomic E-state index is 12.6. The Kier molecular flexibility index (Phi) is 2.68. The van der Waals surface area contributed by atoms with Crippen LogP contribution >= 0.6 is 34.2 Å². The minimum Gasteiger partial charge on any atom is -0.207 e. The standard InChI is InChI=1S/C7H2ClFIN/c8-7-4(3-11)1-5(9)2-6(7)10/h1-2H. The predicted octanol–water partition coefficient (Wildman–Crippen LogP) is 2.96. The molecule has 1 aromatic carbocycles. The molecule has 0 N–H and O–H groups in total. The van der Waals surface area contributed by atoms with Gasteiger partial charge in [-0.2, -0.15) is 5.26 Å². The van der Waals surface area contributed by atoms with Crippen molar-refractivity contribution < 1.29 is 4.39 Å². The van der Waals surface area contributed by atoms with E-state index in [2.05, 4.69) is 0 Å². The summed E-state index contributed by atoms with van der Waals surface area (Å²) in [6, 6.07) is 4.20. The molecule has 56 valence electrons. The second-order valence-electron chi connectivity index (χ2n) is 1.86. The van der Waals surface area contributed by atoms with Crippen LogP contribution in [0.1, 0.15) is 5.56 Å². The first-order valence-corrected chi connectivity index (χ1v) is 4.15. The fourth-order valence-corrected chi connectivity index (χ4v) is 1.38. The largest absolute Gasteiger partial charge is 0.207 e. The highest BCUT2D eigenvalue weighted by molar-refractivity contribution is 14.1. The van der Waals surface area contributed by atoms with E-state index in [4.69, 9.17) is 16.9 Å². The van der Waals surface area contributed by atoms with Crippen LogP contribution in [0.5, 0.6) is 0 Å². The molecule has 1 aromatic rings. The highest BCUT2D eigenvalue weighted by atomic mass is 127. The summed E-state index contributed by atoms with van der Waals surface area (Å²) in [5.74, 6) is -0.435. The third-order valence-corrected chi connectivity index (χ3v) is 2.69. The summed E-state index contributed by atoms with van der Waals surface area (Å²) >= 11 is 7.54. The Balaban J connectivity index is 3.39. The van der Waals surface area contributed by atoms with Crippen molar-refractivity contribution in [3.8, 4) is 6.07 Å². The second-order valence-corrected chi connectivity index (χ2v) is 3.40. The normalized spacial score (nSPS) is 9.27. The van der Waals surface area contributed by atoms with Crippen LogP contribution in [0.25, 0.3) is 0 Å². The number of halogens is 3. The van der Waals surface area contributed by atoms with Crippen LogP contribution in [0.3, 0.4) is 0 Å². The number of benzene rings is 1. The average Bonchev–Trinajstić information content (AvgIpc) is 1.96. The number of nitriles is 1. The van der Waals surface area contributed by atoms with E-state index in [-0.39, 0.29) is 5.56 Å². The lowest BCUT2D eigenvalue weighted by Gasteiger charge is -1.97. The molecule has 0 aliphatic heterocycles. The molecule has 0 heterocycles. The fraction of sp³-hybridized carbons (Fsp3) is 0. The Morgan fingerprint density at radius 3 is 2.73 bits per heavy atom. The van der Waals surface area contributed by atoms with Crippen LogP contribution in [0.15, 0.2) is 12.1 Å². The predicted molar refractivity (Wildman–Crippen MR) is 48.8 cm³/mol. The molecule has 0 bridgehead atoms. The van der Waals surface area contributed by atoms with Crippen molar-refractivity contribution in [2.24, 2.45) is 0 Å². The molecule has 0 aromatic heterocycles. The van der Waals surface area contributed by atoms with E-state index in [0.717, 1.165) is 6.07 Å². The van der Waals surface area contributed by atoms with Crippen LogP contribution in [0.4, 0.5) is 4.39 Å². The zero-order valence-electron chi connectivity index (χ0n) is 5.24. The van der Waals surface area contributed by atoms with Crippen molar-refractivity contribution in [3.05, 3.63) is 32.1 Å². The van der Waals surface area contributed by atoms with Gasteiger partial charge in [-0.1, -0.05) is 11.6 Å². The van der Waals surface area contributed by atoms with Gasteiger partial charge in [0, 0.05) is 3.57 Å². The molecule has 0 aliphatic carbocycles. The van der Waals surface area contributed by atoms with Crippen LogP contribution in [-0.2, 0) is 0 Å². The molecule has 0 radical (unpaired) electrons. The SMILES string of the molecule is N#Cc1cc(F)cc(I)c1Cl. The first-order valence-electron chi connectivity index (χ1n) is 2.70. The Bertz CT molecular complexity index is 332. The van der Waals surface area contributed by atoms with Gasteiger partial charge in [-0.3, -0.25) is 0 Å². The number of nitrogens with zero attached hydrogens (tertiary/aromatic N) is 1. The number of hydrogen-bond acceptors (Lipinski definition) is 1. The van der Waals surface area contributed by atoms with Crippen molar-refractivity contribution >= 4 is 34.2 Å². The lowest BCUT2D eigenvalue weighted by atomic mass is 10.2. The summed E-state index contributed by atoms with van der Waals surface area (Å²) < 4.78 is 13.1. The Labute approximate surface area is 81.9 Å². The van der Waals surface area contributed by atoms with Gasteiger partial charge in [-0.15, -0.1) is 0 Å². The minimum atomic E-state index is -0.435. The number of rotatable bonds is 0. The topological polar surface area (TPSA) is 23.8 Å². The molecule has 11 heavy (non-hydrogen) atoms. The molecule has 0 aliphatic rings. The van der Waals surface area contributed by atoms with Gasteiger partial charge in [0.25, 0.3) is 0 Å². The first kappa shape index (κ1) is 8.75. The lowest BCUT2D eigenvalue weighted by Crippen LogP contribution is -1.84. The van der Waals surface area contributed by atoms with Gasteiger partial charge in [-0.25, -0.2) is 4.39 Å². The molecule has 0 unspecified atom stereocenters. The van der Waals surface area contributed by atoms with E-state index in [1.54, 1.807) is 6.07 Å². The average molecular weight is 281 g/mol.